The normalized spacial score (nSPS) is 20.8. The first-order valence-electron chi connectivity index (χ1n) is 9.52. The van der Waals surface area contributed by atoms with Crippen LogP contribution in [0.15, 0.2) is 59.6 Å². The molecule has 2 aromatic heterocycles. The number of hydrogen-bond acceptors (Lipinski definition) is 7. The Kier molecular flexibility index (Phi) is 6.01. The Morgan fingerprint density at radius 1 is 1.30 bits per heavy atom. The molecule has 8 nitrogen and oxygen atoms in total. The van der Waals surface area contributed by atoms with E-state index < -0.39 is 18.3 Å². The molecule has 1 aromatic carbocycles. The van der Waals surface area contributed by atoms with Crippen LogP contribution in [0.2, 0.25) is 0 Å². The molecule has 1 aliphatic rings. The fourth-order valence-electron chi connectivity index (χ4n) is 3.40. The van der Waals surface area contributed by atoms with Gasteiger partial charge in [0, 0.05) is 19.3 Å². The standard InChI is InChI=1S/C21H21FN4O4/c22-15-3-1-2-13(6-15)9-26-21(28)30-20-17(25-10-18(20)27)7-14-4-5-16(24-8-14)19-11-23-12-29-19/h1-6,8,11-12,17-18,20,25,27H,7,9-10H2,(H,26,28)/t17-,18+,20+/m1/s1. The number of carbonyl (C=O) groups is 1. The van der Waals surface area contributed by atoms with Crippen molar-refractivity contribution in [3.05, 3.63) is 72.1 Å². The van der Waals surface area contributed by atoms with E-state index in [4.69, 9.17) is 9.15 Å². The first-order valence-corrected chi connectivity index (χ1v) is 9.52. The quantitative estimate of drug-likeness (QED) is 0.568. The summed E-state index contributed by atoms with van der Waals surface area (Å²) in [5.41, 5.74) is 2.20. The number of nitrogens with one attached hydrogen (secondary N) is 2. The molecule has 156 valence electrons. The lowest BCUT2D eigenvalue weighted by Gasteiger charge is -2.22. The smallest absolute Gasteiger partial charge is 0.407 e. The van der Waals surface area contributed by atoms with E-state index in [0.717, 1.165) is 5.56 Å². The number of alkyl carbamates (subject to hydrolysis) is 1. The summed E-state index contributed by atoms with van der Waals surface area (Å²) in [5, 5.41) is 16.0. The highest BCUT2D eigenvalue weighted by molar-refractivity contribution is 5.67. The molecule has 3 aromatic rings. The largest absolute Gasteiger partial charge is 0.442 e. The van der Waals surface area contributed by atoms with Crippen LogP contribution in [-0.4, -0.2) is 46.0 Å². The lowest BCUT2D eigenvalue weighted by atomic mass is 10.0. The molecule has 1 amide bonds. The van der Waals surface area contributed by atoms with Crippen molar-refractivity contribution in [1.29, 1.82) is 0 Å². The number of hydrogen-bond donors (Lipinski definition) is 3. The van der Waals surface area contributed by atoms with E-state index in [-0.39, 0.29) is 18.4 Å². The van der Waals surface area contributed by atoms with Gasteiger partial charge >= 0.3 is 6.09 Å². The van der Waals surface area contributed by atoms with E-state index in [0.29, 0.717) is 30.0 Å². The number of halogens is 1. The number of benzene rings is 1. The molecule has 0 bridgehead atoms. The molecule has 0 spiro atoms. The molecular weight excluding hydrogens is 391 g/mol. The van der Waals surface area contributed by atoms with Gasteiger partial charge in [-0.2, -0.15) is 0 Å². The van der Waals surface area contributed by atoms with Crippen molar-refractivity contribution in [1.82, 2.24) is 20.6 Å². The molecule has 3 N–H and O–H groups in total. The zero-order valence-corrected chi connectivity index (χ0v) is 16.0. The van der Waals surface area contributed by atoms with E-state index in [1.165, 1.54) is 18.5 Å². The molecule has 0 saturated carbocycles. The topological polar surface area (TPSA) is 110 Å². The van der Waals surface area contributed by atoms with Crippen molar-refractivity contribution in [2.45, 2.75) is 31.2 Å². The van der Waals surface area contributed by atoms with Gasteiger partial charge in [-0.15, -0.1) is 0 Å². The van der Waals surface area contributed by atoms with Crippen LogP contribution in [0.4, 0.5) is 9.18 Å². The van der Waals surface area contributed by atoms with Gasteiger partial charge in [0.15, 0.2) is 12.2 Å². The van der Waals surface area contributed by atoms with Crippen LogP contribution in [0.3, 0.4) is 0 Å². The van der Waals surface area contributed by atoms with Crippen LogP contribution >= 0.6 is 0 Å². The summed E-state index contributed by atoms with van der Waals surface area (Å²) in [6, 6.07) is 9.40. The Morgan fingerprint density at radius 2 is 2.20 bits per heavy atom. The molecular formula is C21H21FN4O4. The summed E-state index contributed by atoms with van der Waals surface area (Å²) in [7, 11) is 0. The molecule has 3 atom stereocenters. The van der Waals surface area contributed by atoms with Gasteiger partial charge in [0.05, 0.1) is 12.2 Å². The molecule has 9 heteroatoms. The number of ether oxygens (including phenoxy) is 1. The zero-order chi connectivity index (χ0) is 20.9. The van der Waals surface area contributed by atoms with Crippen LogP contribution in [0.1, 0.15) is 11.1 Å². The number of amides is 1. The lowest BCUT2D eigenvalue weighted by Crippen LogP contribution is -2.41. The minimum Gasteiger partial charge on any atom is -0.442 e. The molecule has 0 radical (unpaired) electrons. The van der Waals surface area contributed by atoms with E-state index in [9.17, 15) is 14.3 Å². The van der Waals surface area contributed by atoms with Crippen LogP contribution < -0.4 is 10.6 Å². The maximum Gasteiger partial charge on any atom is 0.407 e. The number of pyridine rings is 1. The maximum absolute atomic E-state index is 13.2. The Hall–Kier alpha value is -3.30. The number of aliphatic hydroxyl groups is 1. The summed E-state index contributed by atoms with van der Waals surface area (Å²) >= 11 is 0. The lowest BCUT2D eigenvalue weighted by molar-refractivity contribution is 0.0188. The number of oxazole rings is 1. The third kappa shape index (κ3) is 4.81. The highest BCUT2D eigenvalue weighted by Crippen LogP contribution is 2.20. The highest BCUT2D eigenvalue weighted by atomic mass is 19.1. The Balaban J connectivity index is 1.33. The molecule has 3 heterocycles. The number of β-amino-alcohol motifs (C(OH)–C–C–N with tert-alkyl or cyclic N) is 1. The minimum atomic E-state index is -0.823. The predicted molar refractivity (Wildman–Crippen MR) is 105 cm³/mol. The van der Waals surface area contributed by atoms with Gasteiger partial charge in [-0.25, -0.2) is 14.2 Å². The first-order chi connectivity index (χ1) is 14.6. The van der Waals surface area contributed by atoms with E-state index in [1.54, 1.807) is 24.5 Å². The minimum absolute atomic E-state index is 0.129. The van der Waals surface area contributed by atoms with Crippen molar-refractivity contribution in [3.8, 4) is 11.5 Å². The van der Waals surface area contributed by atoms with Crippen LogP contribution in [0, 0.1) is 5.82 Å². The van der Waals surface area contributed by atoms with Crippen molar-refractivity contribution in [3.63, 3.8) is 0 Å². The van der Waals surface area contributed by atoms with E-state index in [2.05, 4.69) is 20.6 Å². The third-order valence-corrected chi connectivity index (χ3v) is 4.90. The Bertz CT molecular complexity index is 981. The predicted octanol–water partition coefficient (Wildman–Crippen LogP) is 2.05. The Labute approximate surface area is 172 Å². The molecule has 30 heavy (non-hydrogen) atoms. The van der Waals surface area contributed by atoms with Crippen molar-refractivity contribution < 1.29 is 23.4 Å². The number of aromatic nitrogens is 2. The zero-order valence-electron chi connectivity index (χ0n) is 16.0. The summed E-state index contributed by atoms with van der Waals surface area (Å²) in [5.74, 6) is 0.202. The fourth-order valence-corrected chi connectivity index (χ4v) is 3.40. The van der Waals surface area contributed by atoms with Gasteiger partial charge in [0.1, 0.15) is 23.7 Å². The van der Waals surface area contributed by atoms with E-state index >= 15 is 0 Å². The summed E-state index contributed by atoms with van der Waals surface area (Å²) in [4.78, 5) is 20.4. The third-order valence-electron chi connectivity index (χ3n) is 4.90. The second-order valence-electron chi connectivity index (χ2n) is 7.06. The van der Waals surface area contributed by atoms with Gasteiger partial charge in [0.25, 0.3) is 0 Å². The fraction of sp³-hybridized carbons (Fsp3) is 0.286. The summed E-state index contributed by atoms with van der Waals surface area (Å²) in [6.45, 7) is 0.445. The van der Waals surface area contributed by atoms with Crippen molar-refractivity contribution >= 4 is 6.09 Å². The van der Waals surface area contributed by atoms with Gasteiger partial charge in [-0.1, -0.05) is 18.2 Å². The number of carbonyl (C=O) groups excluding carboxylic acids is 1. The number of nitrogens with zero attached hydrogens (tertiary/aromatic N) is 2. The Morgan fingerprint density at radius 3 is 2.93 bits per heavy atom. The van der Waals surface area contributed by atoms with Gasteiger partial charge < -0.3 is 24.9 Å². The second kappa shape index (κ2) is 9.02. The monoisotopic (exact) mass is 412 g/mol. The first kappa shape index (κ1) is 20.0. The molecule has 1 saturated heterocycles. The number of rotatable bonds is 6. The van der Waals surface area contributed by atoms with Crippen molar-refractivity contribution in [2.75, 3.05) is 6.54 Å². The molecule has 1 fully saturated rings. The molecule has 0 aliphatic carbocycles. The van der Waals surface area contributed by atoms with Crippen LogP contribution in [-0.2, 0) is 17.7 Å². The van der Waals surface area contributed by atoms with Gasteiger partial charge in [0.2, 0.25) is 0 Å². The highest BCUT2D eigenvalue weighted by Gasteiger charge is 2.37. The van der Waals surface area contributed by atoms with Gasteiger partial charge in [-0.05, 0) is 35.7 Å². The molecule has 1 aliphatic heterocycles. The number of aliphatic hydroxyl groups excluding tert-OH is 1. The maximum atomic E-state index is 13.2. The second-order valence-corrected chi connectivity index (χ2v) is 7.06. The summed E-state index contributed by atoms with van der Waals surface area (Å²) < 4.78 is 23.9. The van der Waals surface area contributed by atoms with E-state index in [1.807, 2.05) is 12.1 Å². The van der Waals surface area contributed by atoms with Crippen LogP contribution in [0.5, 0.6) is 0 Å². The van der Waals surface area contributed by atoms with Gasteiger partial charge in [-0.3, -0.25) is 4.98 Å². The summed E-state index contributed by atoms with van der Waals surface area (Å²) in [6.07, 6.45) is 2.95. The molecule has 4 rings (SSSR count). The van der Waals surface area contributed by atoms with Crippen LogP contribution in [0.25, 0.3) is 11.5 Å². The SMILES string of the molecule is O=C(NCc1cccc(F)c1)O[C@@H]1[C@@H](O)CN[C@@H]1Cc1ccc(-c2cnco2)nc1. The van der Waals surface area contributed by atoms with Crippen molar-refractivity contribution in [2.24, 2.45) is 0 Å². The average molecular weight is 412 g/mol. The molecule has 0 unspecified atom stereocenters. The average Bonchev–Trinajstić information content (AvgIpc) is 3.39.